The van der Waals surface area contributed by atoms with E-state index >= 15 is 0 Å². The Balaban J connectivity index is 2.73. The molecule has 0 aliphatic heterocycles. The van der Waals surface area contributed by atoms with Crippen molar-refractivity contribution in [3.8, 4) is 0 Å². The Labute approximate surface area is 124 Å². The third-order valence-corrected chi connectivity index (χ3v) is 5.47. The van der Waals surface area contributed by atoms with Crippen LogP contribution in [0.15, 0.2) is 25.3 Å². The lowest BCUT2D eigenvalue weighted by atomic mass is 10.7. The standard InChI is InChI=1S/C9H11N3S5/c1-3-5-15-12(16-6-4-2)8(13)7-10-11-9(14)17-7/h3-4H,1-2,5-6H2,(H,11,14). The first-order valence-electron chi connectivity index (χ1n) is 4.56. The molecule has 0 bridgehead atoms. The maximum Gasteiger partial charge on any atom is 0.176 e. The predicted molar refractivity (Wildman–Crippen MR) is 86.1 cm³/mol. The zero-order chi connectivity index (χ0) is 12.7. The molecule has 0 spiro atoms. The number of hydrogen-bond donors (Lipinski definition) is 1. The van der Waals surface area contributed by atoms with Gasteiger partial charge in [0.05, 0.1) is 0 Å². The van der Waals surface area contributed by atoms with Crippen LogP contribution in [-0.4, -0.2) is 30.4 Å². The third-order valence-electron chi connectivity index (χ3n) is 1.41. The van der Waals surface area contributed by atoms with Gasteiger partial charge in [-0.25, -0.2) is 3.71 Å². The second-order valence-electron chi connectivity index (χ2n) is 2.65. The van der Waals surface area contributed by atoms with Gasteiger partial charge in [-0.15, -0.1) is 13.2 Å². The van der Waals surface area contributed by atoms with Crippen molar-refractivity contribution >= 4 is 64.7 Å². The van der Waals surface area contributed by atoms with Crippen LogP contribution >= 0.6 is 59.7 Å². The van der Waals surface area contributed by atoms with Crippen molar-refractivity contribution < 1.29 is 0 Å². The molecule has 1 heterocycles. The molecule has 0 saturated heterocycles. The monoisotopic (exact) mass is 321 g/mol. The third kappa shape index (κ3) is 4.92. The van der Waals surface area contributed by atoms with Crippen LogP contribution in [0.1, 0.15) is 5.01 Å². The van der Waals surface area contributed by atoms with E-state index in [1.807, 2.05) is 15.9 Å². The van der Waals surface area contributed by atoms with Crippen molar-refractivity contribution in [1.82, 2.24) is 13.9 Å². The summed E-state index contributed by atoms with van der Waals surface area (Å²) in [5.41, 5.74) is 0. The Hall–Kier alpha value is -0.150. The van der Waals surface area contributed by atoms with Crippen LogP contribution in [0.4, 0.5) is 0 Å². The van der Waals surface area contributed by atoms with Gasteiger partial charge in [-0.05, 0) is 36.1 Å². The highest BCUT2D eigenvalue weighted by molar-refractivity contribution is 8.13. The van der Waals surface area contributed by atoms with Gasteiger partial charge in [-0.2, -0.15) is 5.10 Å². The number of nitrogens with one attached hydrogen (secondary N) is 1. The summed E-state index contributed by atoms with van der Waals surface area (Å²) < 4.78 is 2.57. The molecule has 0 aromatic carbocycles. The molecule has 92 valence electrons. The molecule has 17 heavy (non-hydrogen) atoms. The zero-order valence-electron chi connectivity index (χ0n) is 8.92. The lowest BCUT2D eigenvalue weighted by Gasteiger charge is -2.19. The first kappa shape index (κ1) is 14.9. The maximum absolute atomic E-state index is 5.38. The number of thiocarbonyl (C=S) groups is 1. The van der Waals surface area contributed by atoms with Crippen LogP contribution < -0.4 is 0 Å². The summed E-state index contributed by atoms with van der Waals surface area (Å²) in [4.78, 5) is 0.668. The Morgan fingerprint density at radius 2 is 2.00 bits per heavy atom. The van der Waals surface area contributed by atoms with Gasteiger partial charge >= 0.3 is 0 Å². The van der Waals surface area contributed by atoms with Crippen LogP contribution in [0.3, 0.4) is 0 Å². The van der Waals surface area contributed by atoms with E-state index in [0.717, 1.165) is 16.5 Å². The first-order valence-corrected chi connectivity index (χ1v) is 8.08. The van der Waals surface area contributed by atoms with Gasteiger partial charge in [0.15, 0.2) is 14.0 Å². The predicted octanol–water partition coefficient (Wildman–Crippen LogP) is 3.85. The van der Waals surface area contributed by atoms with Crippen LogP contribution in [-0.2, 0) is 0 Å². The highest BCUT2D eigenvalue weighted by Gasteiger charge is 2.15. The lowest BCUT2D eigenvalue weighted by molar-refractivity contribution is 1.05. The van der Waals surface area contributed by atoms with E-state index in [-0.39, 0.29) is 0 Å². The van der Waals surface area contributed by atoms with Crippen molar-refractivity contribution in [1.29, 1.82) is 0 Å². The summed E-state index contributed by atoms with van der Waals surface area (Å²) >= 11 is 14.9. The SMILES string of the molecule is C=CCSN(SCC=C)C(=S)c1n[nH]c(=S)s1. The van der Waals surface area contributed by atoms with Crippen molar-refractivity contribution in [2.75, 3.05) is 11.5 Å². The van der Waals surface area contributed by atoms with Gasteiger partial charge in [-0.3, -0.25) is 5.10 Å². The molecule has 0 aliphatic rings. The number of aromatic amines is 1. The van der Waals surface area contributed by atoms with Crippen molar-refractivity contribution in [2.45, 2.75) is 0 Å². The van der Waals surface area contributed by atoms with Gasteiger partial charge < -0.3 is 0 Å². The molecule has 0 radical (unpaired) electrons. The largest absolute Gasteiger partial charge is 0.258 e. The molecule has 1 aromatic heterocycles. The maximum atomic E-state index is 5.38. The Morgan fingerprint density at radius 3 is 2.41 bits per heavy atom. The molecular weight excluding hydrogens is 310 g/mol. The molecule has 0 unspecified atom stereocenters. The number of rotatable bonds is 7. The Kier molecular flexibility index (Phi) is 7.05. The van der Waals surface area contributed by atoms with Crippen molar-refractivity contribution in [3.63, 3.8) is 0 Å². The van der Waals surface area contributed by atoms with Crippen LogP contribution in [0.5, 0.6) is 0 Å². The summed E-state index contributed by atoms with van der Waals surface area (Å²) in [7, 11) is 0. The fraction of sp³-hybridized carbons (Fsp3) is 0.222. The van der Waals surface area contributed by atoms with Gasteiger partial charge in [0.2, 0.25) is 0 Å². The first-order chi connectivity index (χ1) is 8.19. The van der Waals surface area contributed by atoms with Crippen LogP contribution in [0.25, 0.3) is 0 Å². The molecule has 1 aromatic rings. The molecule has 0 aliphatic carbocycles. The average Bonchev–Trinajstić information content (AvgIpc) is 2.75. The van der Waals surface area contributed by atoms with E-state index in [9.17, 15) is 0 Å². The second kappa shape index (κ2) is 8.04. The van der Waals surface area contributed by atoms with Crippen molar-refractivity contribution in [2.24, 2.45) is 0 Å². The van der Waals surface area contributed by atoms with E-state index in [0.29, 0.717) is 8.94 Å². The fourth-order valence-corrected chi connectivity index (χ4v) is 3.77. The fourth-order valence-electron chi connectivity index (χ4n) is 0.795. The summed E-state index contributed by atoms with van der Waals surface area (Å²) in [6.07, 6.45) is 3.67. The minimum atomic E-state index is 0.629. The molecule has 0 amide bonds. The van der Waals surface area contributed by atoms with E-state index < -0.39 is 0 Å². The Bertz CT molecular complexity index is 437. The van der Waals surface area contributed by atoms with E-state index in [2.05, 4.69) is 23.4 Å². The van der Waals surface area contributed by atoms with E-state index in [4.69, 9.17) is 24.4 Å². The molecule has 1 N–H and O–H groups in total. The van der Waals surface area contributed by atoms with E-state index in [1.54, 1.807) is 23.9 Å². The zero-order valence-corrected chi connectivity index (χ0v) is 13.0. The minimum absolute atomic E-state index is 0.629. The summed E-state index contributed by atoms with van der Waals surface area (Å²) in [6, 6.07) is 0. The molecular formula is C9H11N3S5. The van der Waals surface area contributed by atoms with E-state index in [1.165, 1.54) is 11.3 Å². The molecule has 0 atom stereocenters. The molecule has 0 saturated carbocycles. The Morgan fingerprint density at radius 1 is 1.41 bits per heavy atom. The van der Waals surface area contributed by atoms with Gasteiger partial charge in [0.1, 0.15) is 0 Å². The van der Waals surface area contributed by atoms with Crippen LogP contribution in [0, 0.1) is 3.95 Å². The summed E-state index contributed by atoms with van der Waals surface area (Å²) in [5, 5.41) is 7.54. The van der Waals surface area contributed by atoms with Gasteiger partial charge in [-0.1, -0.05) is 35.7 Å². The molecule has 0 fully saturated rings. The summed E-state index contributed by atoms with van der Waals surface area (Å²) in [5.74, 6) is 1.58. The smallest absolute Gasteiger partial charge is 0.176 e. The number of aromatic nitrogens is 2. The van der Waals surface area contributed by atoms with Gasteiger partial charge in [0, 0.05) is 11.5 Å². The molecule has 3 nitrogen and oxygen atoms in total. The normalized spacial score (nSPS) is 9.88. The van der Waals surface area contributed by atoms with Crippen molar-refractivity contribution in [3.05, 3.63) is 34.3 Å². The minimum Gasteiger partial charge on any atom is -0.258 e. The second-order valence-corrected chi connectivity index (χ2v) is 6.85. The number of hydrogen-bond acceptors (Lipinski definition) is 6. The molecule has 8 heteroatoms. The topological polar surface area (TPSA) is 31.9 Å². The van der Waals surface area contributed by atoms with Crippen LogP contribution in [0.2, 0.25) is 0 Å². The highest BCUT2D eigenvalue weighted by Crippen LogP contribution is 2.26. The lowest BCUT2D eigenvalue weighted by Crippen LogP contribution is -2.17. The molecule has 1 rings (SSSR count). The highest BCUT2D eigenvalue weighted by atomic mass is 32.2. The average molecular weight is 322 g/mol. The number of nitrogens with zero attached hydrogens (tertiary/aromatic N) is 2. The number of H-pyrrole nitrogens is 1. The quantitative estimate of drug-likeness (QED) is 0.466. The van der Waals surface area contributed by atoms with Gasteiger partial charge in [0.25, 0.3) is 0 Å². The summed E-state index contributed by atoms with van der Waals surface area (Å²) in [6.45, 7) is 7.39.